The Kier molecular flexibility index (Phi) is 6.60. The fourth-order valence-electron chi connectivity index (χ4n) is 4.32. The van der Waals surface area contributed by atoms with E-state index in [1.165, 1.54) is 77.9 Å². The van der Waals surface area contributed by atoms with Gasteiger partial charge in [-0.3, -0.25) is 4.90 Å². The molecule has 118 valence electrons. The first-order valence-corrected chi connectivity index (χ1v) is 8.50. The van der Waals surface area contributed by atoms with Gasteiger partial charge in [-0.25, -0.2) is 0 Å². The summed E-state index contributed by atoms with van der Waals surface area (Å²) in [5.41, 5.74) is 0. The van der Waals surface area contributed by atoms with Gasteiger partial charge >= 0.3 is 0 Å². The van der Waals surface area contributed by atoms with Crippen LogP contribution in [-0.2, 0) is 0 Å². The molecule has 1 saturated carbocycles. The van der Waals surface area contributed by atoms with E-state index in [2.05, 4.69) is 22.0 Å². The molecule has 3 atom stereocenters. The largest absolute Gasteiger partial charge is 0.314 e. The number of nitrogens with zero attached hydrogens (tertiary/aromatic N) is 2. The summed E-state index contributed by atoms with van der Waals surface area (Å²) in [6.07, 6.45) is 7.31. The fourth-order valence-corrected chi connectivity index (χ4v) is 4.32. The highest BCUT2D eigenvalue weighted by molar-refractivity contribution is 5.85. The summed E-state index contributed by atoms with van der Waals surface area (Å²) in [7, 11) is 0. The predicted molar refractivity (Wildman–Crippen MR) is 87.7 cm³/mol. The molecular formula is C16H32ClN3. The second kappa shape index (κ2) is 7.98. The SMILES string of the molecule is CC1CCCCC1CN1CCC(N2CCNCC2)C1.Cl. The lowest BCUT2D eigenvalue weighted by molar-refractivity contribution is 0.150. The van der Waals surface area contributed by atoms with E-state index in [0.29, 0.717) is 0 Å². The molecule has 0 aromatic rings. The zero-order valence-electron chi connectivity index (χ0n) is 13.0. The molecule has 0 bridgehead atoms. The maximum Gasteiger partial charge on any atom is 0.0236 e. The van der Waals surface area contributed by atoms with Crippen molar-refractivity contribution >= 4 is 12.4 Å². The van der Waals surface area contributed by atoms with Crippen LogP contribution in [0.3, 0.4) is 0 Å². The van der Waals surface area contributed by atoms with Crippen molar-refractivity contribution in [3.8, 4) is 0 Å². The molecule has 3 nitrogen and oxygen atoms in total. The molecular weight excluding hydrogens is 270 g/mol. The molecule has 1 aliphatic carbocycles. The second-order valence-corrected chi connectivity index (χ2v) is 7.01. The van der Waals surface area contributed by atoms with Gasteiger partial charge in [0, 0.05) is 45.3 Å². The van der Waals surface area contributed by atoms with Crippen LogP contribution in [0.2, 0.25) is 0 Å². The van der Waals surface area contributed by atoms with Gasteiger partial charge in [0.2, 0.25) is 0 Å². The summed E-state index contributed by atoms with van der Waals surface area (Å²) < 4.78 is 0. The lowest BCUT2D eigenvalue weighted by atomic mass is 9.80. The van der Waals surface area contributed by atoms with Crippen LogP contribution >= 0.6 is 12.4 Å². The highest BCUT2D eigenvalue weighted by Crippen LogP contribution is 2.31. The van der Waals surface area contributed by atoms with E-state index in [9.17, 15) is 0 Å². The number of halogens is 1. The van der Waals surface area contributed by atoms with Crippen LogP contribution in [0.1, 0.15) is 39.0 Å². The van der Waals surface area contributed by atoms with E-state index in [1.807, 2.05) is 0 Å². The van der Waals surface area contributed by atoms with E-state index in [1.54, 1.807) is 0 Å². The minimum atomic E-state index is 0. The minimum Gasteiger partial charge on any atom is -0.314 e. The number of rotatable bonds is 3. The standard InChI is InChI=1S/C16H31N3.ClH/c1-14-4-2-3-5-15(14)12-18-9-6-16(13-18)19-10-7-17-8-11-19;/h14-17H,2-13H2,1H3;1H. The van der Waals surface area contributed by atoms with Gasteiger partial charge in [-0.15, -0.1) is 12.4 Å². The molecule has 0 radical (unpaired) electrons. The summed E-state index contributed by atoms with van der Waals surface area (Å²) in [5, 5.41) is 3.47. The van der Waals surface area contributed by atoms with Gasteiger partial charge in [0.05, 0.1) is 0 Å². The Labute approximate surface area is 130 Å². The summed E-state index contributed by atoms with van der Waals surface area (Å²) in [4.78, 5) is 5.49. The Bertz CT molecular complexity index is 281. The van der Waals surface area contributed by atoms with Crippen LogP contribution < -0.4 is 5.32 Å². The number of piperazine rings is 1. The van der Waals surface area contributed by atoms with Gasteiger partial charge in [-0.05, 0) is 31.2 Å². The molecule has 0 aromatic heterocycles. The molecule has 4 heteroatoms. The zero-order valence-corrected chi connectivity index (χ0v) is 13.8. The maximum absolute atomic E-state index is 3.47. The molecule has 0 aromatic carbocycles. The van der Waals surface area contributed by atoms with Gasteiger partial charge in [-0.2, -0.15) is 0 Å². The summed E-state index contributed by atoms with van der Waals surface area (Å²) in [6.45, 7) is 11.4. The fraction of sp³-hybridized carbons (Fsp3) is 1.00. The van der Waals surface area contributed by atoms with Crippen LogP contribution in [0.15, 0.2) is 0 Å². The molecule has 3 rings (SSSR count). The number of hydrogen-bond acceptors (Lipinski definition) is 3. The van der Waals surface area contributed by atoms with Crippen molar-refractivity contribution in [1.82, 2.24) is 15.1 Å². The van der Waals surface area contributed by atoms with Crippen LogP contribution in [0.5, 0.6) is 0 Å². The smallest absolute Gasteiger partial charge is 0.0236 e. The van der Waals surface area contributed by atoms with Crippen molar-refractivity contribution in [2.24, 2.45) is 11.8 Å². The van der Waals surface area contributed by atoms with Crippen LogP contribution in [0.25, 0.3) is 0 Å². The molecule has 3 aliphatic rings. The van der Waals surface area contributed by atoms with Gasteiger partial charge in [-0.1, -0.05) is 26.2 Å². The van der Waals surface area contributed by atoms with Crippen LogP contribution in [-0.4, -0.2) is 61.7 Å². The Morgan fingerprint density at radius 3 is 2.50 bits per heavy atom. The lowest BCUT2D eigenvalue weighted by Crippen LogP contribution is -2.49. The summed E-state index contributed by atoms with van der Waals surface area (Å²) in [6, 6.07) is 0.848. The van der Waals surface area contributed by atoms with Gasteiger partial charge in [0.15, 0.2) is 0 Å². The summed E-state index contributed by atoms with van der Waals surface area (Å²) >= 11 is 0. The molecule has 3 fully saturated rings. The molecule has 0 amide bonds. The van der Waals surface area contributed by atoms with E-state index in [-0.39, 0.29) is 12.4 Å². The molecule has 2 heterocycles. The normalized spacial score (nSPS) is 36.8. The lowest BCUT2D eigenvalue weighted by Gasteiger charge is -2.34. The monoisotopic (exact) mass is 301 g/mol. The molecule has 0 spiro atoms. The average Bonchev–Trinajstić information content (AvgIpc) is 2.91. The average molecular weight is 302 g/mol. The van der Waals surface area contributed by atoms with E-state index < -0.39 is 0 Å². The van der Waals surface area contributed by atoms with Gasteiger partial charge in [0.25, 0.3) is 0 Å². The van der Waals surface area contributed by atoms with Crippen molar-refractivity contribution < 1.29 is 0 Å². The molecule has 2 aliphatic heterocycles. The topological polar surface area (TPSA) is 18.5 Å². The molecule has 1 N–H and O–H groups in total. The van der Waals surface area contributed by atoms with Crippen molar-refractivity contribution in [2.75, 3.05) is 45.8 Å². The second-order valence-electron chi connectivity index (χ2n) is 7.01. The van der Waals surface area contributed by atoms with E-state index >= 15 is 0 Å². The van der Waals surface area contributed by atoms with Crippen molar-refractivity contribution in [1.29, 1.82) is 0 Å². The number of nitrogens with one attached hydrogen (secondary N) is 1. The predicted octanol–water partition coefficient (Wildman–Crippen LogP) is 2.21. The first-order chi connectivity index (χ1) is 9.33. The minimum absolute atomic E-state index is 0. The third-order valence-corrected chi connectivity index (χ3v) is 5.70. The van der Waals surface area contributed by atoms with Crippen molar-refractivity contribution in [3.05, 3.63) is 0 Å². The quantitative estimate of drug-likeness (QED) is 0.862. The van der Waals surface area contributed by atoms with E-state index in [0.717, 1.165) is 17.9 Å². The third kappa shape index (κ3) is 4.09. The van der Waals surface area contributed by atoms with Gasteiger partial charge in [0.1, 0.15) is 0 Å². The zero-order chi connectivity index (χ0) is 13.1. The first kappa shape index (κ1) is 16.5. The van der Waals surface area contributed by atoms with Crippen molar-refractivity contribution in [2.45, 2.75) is 45.1 Å². The number of hydrogen-bond donors (Lipinski definition) is 1. The highest BCUT2D eigenvalue weighted by atomic mass is 35.5. The Balaban J connectivity index is 0.00000147. The Hall–Kier alpha value is 0.170. The Morgan fingerprint density at radius 1 is 1.00 bits per heavy atom. The number of likely N-dealkylation sites (tertiary alicyclic amines) is 1. The van der Waals surface area contributed by atoms with Crippen LogP contribution in [0.4, 0.5) is 0 Å². The molecule has 20 heavy (non-hydrogen) atoms. The van der Waals surface area contributed by atoms with Gasteiger partial charge < -0.3 is 10.2 Å². The molecule has 3 unspecified atom stereocenters. The third-order valence-electron chi connectivity index (χ3n) is 5.70. The van der Waals surface area contributed by atoms with Crippen LogP contribution in [0, 0.1) is 11.8 Å². The van der Waals surface area contributed by atoms with E-state index in [4.69, 9.17) is 0 Å². The summed E-state index contributed by atoms with van der Waals surface area (Å²) in [5.74, 6) is 1.95. The molecule has 2 saturated heterocycles. The van der Waals surface area contributed by atoms with Crippen molar-refractivity contribution in [3.63, 3.8) is 0 Å². The highest BCUT2D eigenvalue weighted by Gasteiger charge is 2.31. The maximum atomic E-state index is 3.47. The first-order valence-electron chi connectivity index (χ1n) is 8.50. The Morgan fingerprint density at radius 2 is 1.75 bits per heavy atom.